The van der Waals surface area contributed by atoms with Crippen LogP contribution in [0.2, 0.25) is 0 Å². The molecule has 0 radical (unpaired) electrons. The van der Waals surface area contributed by atoms with E-state index in [1.807, 2.05) is 60.7 Å². The van der Waals surface area contributed by atoms with Gasteiger partial charge in [0, 0.05) is 11.1 Å². The Kier molecular flexibility index (Phi) is 9.17. The Morgan fingerprint density at radius 3 is 1.35 bits per heavy atom. The maximum Gasteiger partial charge on any atom is 0.134 e. The fourth-order valence-corrected chi connectivity index (χ4v) is 3.16. The molecule has 31 heavy (non-hydrogen) atoms. The van der Waals surface area contributed by atoms with Gasteiger partial charge in [0.2, 0.25) is 0 Å². The van der Waals surface area contributed by atoms with Crippen molar-refractivity contribution < 1.29 is 4.42 Å². The molecule has 3 rings (SSSR count). The smallest absolute Gasteiger partial charge is 0.134 e. The number of furan rings is 1. The van der Waals surface area contributed by atoms with Gasteiger partial charge in [0.25, 0.3) is 0 Å². The molecule has 0 saturated heterocycles. The summed E-state index contributed by atoms with van der Waals surface area (Å²) in [5, 5.41) is 17.1. The third-order valence-corrected chi connectivity index (χ3v) is 5.01. The van der Waals surface area contributed by atoms with Crippen LogP contribution >= 0.6 is 0 Å². The lowest BCUT2D eigenvalue weighted by Crippen LogP contribution is -1.78. The summed E-state index contributed by atoms with van der Waals surface area (Å²) in [6, 6.07) is 20.0. The molecule has 0 aliphatic heterocycles. The zero-order chi connectivity index (χ0) is 21.7. The first-order valence-corrected chi connectivity index (χ1v) is 11.4. The van der Waals surface area contributed by atoms with Gasteiger partial charge in [0.1, 0.15) is 11.5 Å². The molecular formula is C26H32N4O. The van der Waals surface area contributed by atoms with E-state index in [1.165, 1.54) is 25.7 Å². The van der Waals surface area contributed by atoms with Crippen LogP contribution in [0.4, 0.5) is 11.4 Å². The van der Waals surface area contributed by atoms with Crippen LogP contribution in [-0.2, 0) is 0 Å². The van der Waals surface area contributed by atoms with E-state index in [1.54, 1.807) is 0 Å². The van der Waals surface area contributed by atoms with E-state index in [0.29, 0.717) is 0 Å². The van der Waals surface area contributed by atoms with E-state index in [-0.39, 0.29) is 0 Å². The van der Waals surface area contributed by atoms with Crippen LogP contribution < -0.4 is 0 Å². The molecule has 5 nitrogen and oxygen atoms in total. The van der Waals surface area contributed by atoms with Crippen molar-refractivity contribution >= 4 is 11.4 Å². The molecule has 0 saturated carbocycles. The van der Waals surface area contributed by atoms with E-state index in [2.05, 4.69) is 34.3 Å². The highest BCUT2D eigenvalue weighted by Crippen LogP contribution is 2.30. The zero-order valence-electron chi connectivity index (χ0n) is 18.6. The lowest BCUT2D eigenvalue weighted by atomic mass is 10.1. The van der Waals surface area contributed by atoms with E-state index < -0.39 is 0 Å². The Labute approximate surface area is 185 Å². The van der Waals surface area contributed by atoms with Gasteiger partial charge in [-0.05, 0) is 73.5 Å². The topological polar surface area (TPSA) is 62.6 Å². The van der Waals surface area contributed by atoms with E-state index >= 15 is 0 Å². The molecule has 3 aromatic rings. The molecule has 5 heteroatoms. The molecule has 0 unspecified atom stereocenters. The third-order valence-electron chi connectivity index (χ3n) is 5.01. The first-order chi connectivity index (χ1) is 15.3. The number of azo groups is 2. The highest BCUT2D eigenvalue weighted by Gasteiger charge is 2.07. The molecule has 0 aliphatic rings. The Morgan fingerprint density at radius 2 is 0.968 bits per heavy atom. The summed E-state index contributed by atoms with van der Waals surface area (Å²) in [7, 11) is 0. The van der Waals surface area contributed by atoms with Gasteiger partial charge in [-0.2, -0.15) is 20.5 Å². The van der Waals surface area contributed by atoms with Gasteiger partial charge in [-0.25, -0.2) is 0 Å². The summed E-state index contributed by atoms with van der Waals surface area (Å²) in [5.41, 5.74) is 3.78. The van der Waals surface area contributed by atoms with Gasteiger partial charge >= 0.3 is 0 Å². The molecule has 162 valence electrons. The summed E-state index contributed by atoms with van der Waals surface area (Å²) >= 11 is 0. The molecule has 0 atom stereocenters. The van der Waals surface area contributed by atoms with E-state index in [0.717, 1.165) is 60.0 Å². The molecule has 0 fully saturated rings. The van der Waals surface area contributed by atoms with Gasteiger partial charge in [-0.1, -0.05) is 39.5 Å². The molecule has 0 spiro atoms. The summed E-state index contributed by atoms with van der Waals surface area (Å²) in [5.74, 6) is 1.67. The number of hydrogen-bond donors (Lipinski definition) is 0. The SMILES string of the molecule is CCCCC/N=N/c1ccc(-c2ccc(-c3ccc(/N=N/CCCCC)cc3)o2)cc1. The van der Waals surface area contributed by atoms with Crippen molar-refractivity contribution in [2.45, 2.75) is 52.4 Å². The Hall–Kier alpha value is -3.08. The van der Waals surface area contributed by atoms with Gasteiger partial charge in [-0.3, -0.25) is 0 Å². The maximum atomic E-state index is 6.08. The first kappa shape index (κ1) is 22.6. The predicted molar refractivity (Wildman–Crippen MR) is 127 cm³/mol. The largest absolute Gasteiger partial charge is 0.456 e. The number of hydrogen-bond acceptors (Lipinski definition) is 5. The Balaban J connectivity index is 1.58. The van der Waals surface area contributed by atoms with Crippen molar-refractivity contribution in [2.75, 3.05) is 13.1 Å². The molecule has 0 bridgehead atoms. The van der Waals surface area contributed by atoms with Crippen molar-refractivity contribution in [1.29, 1.82) is 0 Å². The average molecular weight is 417 g/mol. The number of rotatable bonds is 12. The fraction of sp³-hybridized carbons (Fsp3) is 0.385. The van der Waals surface area contributed by atoms with Gasteiger partial charge < -0.3 is 4.42 Å². The number of benzene rings is 2. The van der Waals surface area contributed by atoms with Crippen molar-refractivity contribution in [3.05, 3.63) is 60.7 Å². The zero-order valence-corrected chi connectivity index (χ0v) is 18.6. The van der Waals surface area contributed by atoms with E-state index in [4.69, 9.17) is 4.42 Å². The summed E-state index contributed by atoms with van der Waals surface area (Å²) in [6.07, 6.45) is 6.98. The highest BCUT2D eigenvalue weighted by atomic mass is 16.3. The number of unbranched alkanes of at least 4 members (excludes halogenated alkanes) is 4. The van der Waals surface area contributed by atoms with Crippen LogP contribution in [0.15, 0.2) is 85.5 Å². The first-order valence-electron chi connectivity index (χ1n) is 11.4. The minimum Gasteiger partial charge on any atom is -0.456 e. The Morgan fingerprint density at radius 1 is 0.548 bits per heavy atom. The van der Waals surface area contributed by atoms with E-state index in [9.17, 15) is 0 Å². The summed E-state index contributed by atoms with van der Waals surface area (Å²) < 4.78 is 6.08. The van der Waals surface area contributed by atoms with Crippen LogP contribution in [0.3, 0.4) is 0 Å². The van der Waals surface area contributed by atoms with Crippen LogP contribution in [-0.4, -0.2) is 13.1 Å². The second-order valence-corrected chi connectivity index (χ2v) is 7.60. The molecule has 2 aromatic carbocycles. The molecular weight excluding hydrogens is 384 g/mol. The van der Waals surface area contributed by atoms with Crippen LogP contribution in [0, 0.1) is 0 Å². The second kappa shape index (κ2) is 12.6. The highest BCUT2D eigenvalue weighted by molar-refractivity contribution is 5.66. The van der Waals surface area contributed by atoms with Crippen molar-refractivity contribution in [3.63, 3.8) is 0 Å². The molecule has 0 aliphatic carbocycles. The minimum absolute atomic E-state index is 0.788. The van der Waals surface area contributed by atoms with Gasteiger partial charge in [0.05, 0.1) is 24.5 Å². The monoisotopic (exact) mass is 416 g/mol. The fourth-order valence-electron chi connectivity index (χ4n) is 3.16. The normalized spacial score (nSPS) is 11.7. The predicted octanol–water partition coefficient (Wildman–Crippen LogP) is 9.16. The second-order valence-electron chi connectivity index (χ2n) is 7.60. The summed E-state index contributed by atoms with van der Waals surface area (Å²) in [4.78, 5) is 0. The standard InChI is InChI=1S/C26H32N4O/c1-3-5-7-19-27-29-23-13-9-21(10-14-23)25-17-18-26(31-25)22-11-15-24(16-12-22)30-28-20-8-6-4-2/h9-18H,3-8,19-20H2,1-2H3/b29-27+,30-28+. The van der Waals surface area contributed by atoms with Crippen molar-refractivity contribution in [3.8, 4) is 22.6 Å². The molecule has 0 amide bonds. The molecule has 1 aromatic heterocycles. The average Bonchev–Trinajstić information content (AvgIpc) is 3.30. The van der Waals surface area contributed by atoms with Gasteiger partial charge in [0.15, 0.2) is 0 Å². The lowest BCUT2D eigenvalue weighted by molar-refractivity contribution is 0.597. The maximum absolute atomic E-state index is 6.08. The van der Waals surface area contributed by atoms with Crippen LogP contribution in [0.25, 0.3) is 22.6 Å². The molecule has 1 heterocycles. The quantitative estimate of drug-likeness (QED) is 0.214. The summed E-state index contributed by atoms with van der Waals surface area (Å²) in [6.45, 7) is 5.95. The van der Waals surface area contributed by atoms with Gasteiger partial charge in [-0.15, -0.1) is 0 Å². The number of nitrogens with zero attached hydrogens (tertiary/aromatic N) is 4. The third kappa shape index (κ3) is 7.28. The minimum atomic E-state index is 0.788. The Bertz CT molecular complexity index is 878. The van der Waals surface area contributed by atoms with Crippen molar-refractivity contribution in [1.82, 2.24) is 0 Å². The lowest BCUT2D eigenvalue weighted by Gasteiger charge is -2.00. The van der Waals surface area contributed by atoms with Crippen LogP contribution in [0.1, 0.15) is 52.4 Å². The van der Waals surface area contributed by atoms with Crippen molar-refractivity contribution in [2.24, 2.45) is 20.5 Å². The molecule has 0 N–H and O–H groups in total. The van der Waals surface area contributed by atoms with Crippen LogP contribution in [0.5, 0.6) is 0 Å².